The summed E-state index contributed by atoms with van der Waals surface area (Å²) in [4.78, 5) is 11.1. The summed E-state index contributed by atoms with van der Waals surface area (Å²) in [5.41, 5.74) is 6.20. The molecule has 0 unspecified atom stereocenters. The van der Waals surface area contributed by atoms with Crippen molar-refractivity contribution in [3.63, 3.8) is 0 Å². The topological polar surface area (TPSA) is 91.4 Å². The van der Waals surface area contributed by atoms with Gasteiger partial charge in [-0.15, -0.1) is 0 Å². The Labute approximate surface area is 139 Å². The second-order valence-corrected chi connectivity index (χ2v) is 7.14. The summed E-state index contributed by atoms with van der Waals surface area (Å²) in [6.45, 7) is 1.67. The highest BCUT2D eigenvalue weighted by Gasteiger charge is 2.19. The molecular weight excluding hydrogens is 328 g/mol. The molecule has 1 atom stereocenters. The van der Waals surface area contributed by atoms with Gasteiger partial charge < -0.3 is 10.5 Å². The van der Waals surface area contributed by atoms with Gasteiger partial charge in [-0.3, -0.25) is 0 Å². The average molecular weight is 344 g/mol. The number of hydrogen-bond donors (Lipinski definition) is 1. The number of hydrogen-bond acceptors (Lipinski definition) is 4. The molecule has 1 heterocycles. The Bertz CT molecular complexity index is 994. The molecule has 3 rings (SSSR count). The second kappa shape index (κ2) is 6.01. The van der Waals surface area contributed by atoms with E-state index in [1.807, 2.05) is 0 Å². The van der Waals surface area contributed by atoms with Crippen LogP contribution < -0.4 is 5.73 Å². The van der Waals surface area contributed by atoms with E-state index in [1.165, 1.54) is 10.2 Å². The van der Waals surface area contributed by atoms with Crippen LogP contribution in [0.2, 0.25) is 0 Å². The molecule has 24 heavy (non-hydrogen) atoms. The number of amides is 1. The molecule has 0 saturated carbocycles. The number of fused-ring (bicyclic) bond motifs is 1. The maximum absolute atomic E-state index is 12.8. The normalized spacial score (nSPS) is 12.9. The Kier molecular flexibility index (Phi) is 4.02. The summed E-state index contributed by atoms with van der Waals surface area (Å²) in [5, 5.41) is 0.768. The lowest BCUT2D eigenvalue weighted by atomic mass is 10.1. The van der Waals surface area contributed by atoms with Crippen LogP contribution in [0.25, 0.3) is 10.9 Å². The van der Waals surface area contributed by atoms with Crippen LogP contribution in [-0.4, -0.2) is 18.5 Å². The smallest absolute Gasteiger partial charge is 0.405 e. The molecular formula is C17H16N2O4S. The first kappa shape index (κ1) is 16.1. The Morgan fingerprint density at radius 1 is 1.12 bits per heavy atom. The van der Waals surface area contributed by atoms with Crippen molar-refractivity contribution in [2.45, 2.75) is 17.9 Å². The van der Waals surface area contributed by atoms with Gasteiger partial charge in [-0.25, -0.2) is 17.2 Å². The molecule has 0 radical (unpaired) electrons. The van der Waals surface area contributed by atoms with E-state index >= 15 is 0 Å². The van der Waals surface area contributed by atoms with E-state index in [4.69, 9.17) is 10.5 Å². The molecule has 2 N–H and O–H groups in total. The standard InChI is InChI=1S/C17H16N2O4S/c1-12(23-17(18)20)14-8-7-13-9-10-19(16(13)11-14)24(21,22)15-5-3-2-4-6-15/h2-12H,1H3,(H2,18,20)/t12-/m1/s1. The van der Waals surface area contributed by atoms with Crippen LogP contribution >= 0.6 is 0 Å². The zero-order valence-corrected chi connectivity index (χ0v) is 13.7. The van der Waals surface area contributed by atoms with Gasteiger partial charge in [0.1, 0.15) is 6.10 Å². The molecule has 2 aromatic carbocycles. The van der Waals surface area contributed by atoms with Gasteiger partial charge in [0.15, 0.2) is 0 Å². The Morgan fingerprint density at radius 3 is 2.50 bits per heavy atom. The maximum Gasteiger partial charge on any atom is 0.405 e. The largest absolute Gasteiger partial charge is 0.442 e. The third kappa shape index (κ3) is 2.85. The highest BCUT2D eigenvalue weighted by molar-refractivity contribution is 7.90. The predicted molar refractivity (Wildman–Crippen MR) is 90.0 cm³/mol. The fourth-order valence-corrected chi connectivity index (χ4v) is 3.90. The molecule has 6 nitrogen and oxygen atoms in total. The van der Waals surface area contributed by atoms with Crippen molar-refractivity contribution in [1.29, 1.82) is 0 Å². The molecule has 0 aliphatic heterocycles. The summed E-state index contributed by atoms with van der Waals surface area (Å²) >= 11 is 0. The first-order valence-corrected chi connectivity index (χ1v) is 8.71. The maximum atomic E-state index is 12.8. The minimum Gasteiger partial charge on any atom is -0.442 e. The second-order valence-electron chi connectivity index (χ2n) is 5.33. The molecule has 0 aliphatic rings. The van der Waals surface area contributed by atoms with E-state index < -0.39 is 22.2 Å². The SMILES string of the molecule is C[C@@H](OC(N)=O)c1ccc2ccn(S(=O)(=O)c3ccccc3)c2c1. The summed E-state index contributed by atoms with van der Waals surface area (Å²) in [6.07, 6.45) is 0.0562. The number of aromatic nitrogens is 1. The Morgan fingerprint density at radius 2 is 1.83 bits per heavy atom. The van der Waals surface area contributed by atoms with E-state index in [2.05, 4.69) is 0 Å². The van der Waals surface area contributed by atoms with Gasteiger partial charge in [0.2, 0.25) is 0 Å². The lowest BCUT2D eigenvalue weighted by Gasteiger charge is -2.13. The minimum atomic E-state index is -3.70. The number of ether oxygens (including phenoxy) is 1. The number of nitrogens with two attached hydrogens (primary N) is 1. The minimum absolute atomic E-state index is 0.203. The predicted octanol–water partition coefficient (Wildman–Crippen LogP) is 3.03. The van der Waals surface area contributed by atoms with Crippen molar-refractivity contribution in [3.05, 3.63) is 66.4 Å². The Balaban J connectivity index is 2.11. The average Bonchev–Trinajstić information content (AvgIpc) is 2.98. The van der Waals surface area contributed by atoms with E-state index in [0.717, 1.165) is 5.39 Å². The first-order valence-electron chi connectivity index (χ1n) is 7.27. The van der Waals surface area contributed by atoms with Crippen molar-refractivity contribution >= 4 is 27.0 Å². The fourth-order valence-electron chi connectivity index (χ4n) is 2.53. The van der Waals surface area contributed by atoms with Crippen molar-refractivity contribution in [3.8, 4) is 0 Å². The van der Waals surface area contributed by atoms with E-state index in [-0.39, 0.29) is 4.90 Å². The molecule has 0 fully saturated rings. The van der Waals surface area contributed by atoms with Crippen LogP contribution in [0.15, 0.2) is 65.7 Å². The van der Waals surface area contributed by atoms with Gasteiger partial charge in [0, 0.05) is 11.6 Å². The lowest BCUT2D eigenvalue weighted by molar-refractivity contribution is 0.116. The van der Waals surface area contributed by atoms with Crippen molar-refractivity contribution in [2.24, 2.45) is 5.73 Å². The number of carbonyl (C=O) groups excluding carboxylic acids is 1. The molecule has 7 heteroatoms. The van der Waals surface area contributed by atoms with Crippen LogP contribution in [0.3, 0.4) is 0 Å². The van der Waals surface area contributed by atoms with Crippen molar-refractivity contribution in [2.75, 3.05) is 0 Å². The van der Waals surface area contributed by atoms with Crippen LogP contribution in [0.5, 0.6) is 0 Å². The molecule has 0 saturated heterocycles. The third-order valence-corrected chi connectivity index (χ3v) is 5.45. The summed E-state index contributed by atoms with van der Waals surface area (Å²) in [6, 6.07) is 15.2. The molecule has 0 bridgehead atoms. The van der Waals surface area contributed by atoms with Crippen molar-refractivity contribution < 1.29 is 17.9 Å². The molecule has 0 aliphatic carbocycles. The number of benzene rings is 2. The van der Waals surface area contributed by atoms with Crippen LogP contribution in [0.4, 0.5) is 4.79 Å². The highest BCUT2D eigenvalue weighted by Crippen LogP contribution is 2.26. The summed E-state index contributed by atoms with van der Waals surface area (Å²) in [7, 11) is -3.70. The lowest BCUT2D eigenvalue weighted by Crippen LogP contribution is -2.16. The zero-order valence-electron chi connectivity index (χ0n) is 12.9. The van der Waals surface area contributed by atoms with E-state index in [9.17, 15) is 13.2 Å². The molecule has 124 valence electrons. The van der Waals surface area contributed by atoms with Gasteiger partial charge in [-0.05, 0) is 36.8 Å². The molecule has 1 aromatic heterocycles. The molecule has 1 amide bonds. The van der Waals surface area contributed by atoms with Gasteiger partial charge in [0.05, 0.1) is 10.4 Å². The quantitative estimate of drug-likeness (QED) is 0.787. The zero-order chi connectivity index (χ0) is 17.3. The summed E-state index contributed by atoms with van der Waals surface area (Å²) < 4.78 is 31.8. The monoisotopic (exact) mass is 344 g/mol. The number of carbonyl (C=O) groups is 1. The number of rotatable bonds is 4. The highest BCUT2D eigenvalue weighted by atomic mass is 32.2. The van der Waals surface area contributed by atoms with Crippen LogP contribution in [0.1, 0.15) is 18.6 Å². The van der Waals surface area contributed by atoms with Gasteiger partial charge >= 0.3 is 6.09 Å². The number of nitrogens with zero attached hydrogens (tertiary/aromatic N) is 1. The van der Waals surface area contributed by atoms with Crippen LogP contribution in [0, 0.1) is 0 Å². The fraction of sp³-hybridized carbons (Fsp3) is 0.118. The van der Waals surface area contributed by atoms with E-state index in [0.29, 0.717) is 11.1 Å². The first-order chi connectivity index (χ1) is 11.4. The Hall–Kier alpha value is -2.80. The number of primary amides is 1. The van der Waals surface area contributed by atoms with Gasteiger partial charge in [-0.1, -0.05) is 30.3 Å². The van der Waals surface area contributed by atoms with Crippen LogP contribution in [-0.2, 0) is 14.8 Å². The third-order valence-electron chi connectivity index (χ3n) is 3.74. The van der Waals surface area contributed by atoms with Crippen molar-refractivity contribution in [1.82, 2.24) is 3.97 Å². The van der Waals surface area contributed by atoms with E-state index in [1.54, 1.807) is 61.5 Å². The summed E-state index contributed by atoms with van der Waals surface area (Å²) in [5.74, 6) is 0. The molecule has 3 aromatic rings. The van der Waals surface area contributed by atoms with Gasteiger partial charge in [-0.2, -0.15) is 0 Å². The van der Waals surface area contributed by atoms with Gasteiger partial charge in [0.25, 0.3) is 10.0 Å². The molecule has 0 spiro atoms.